The van der Waals surface area contributed by atoms with Gasteiger partial charge in [-0.1, -0.05) is 18.2 Å². The van der Waals surface area contributed by atoms with Crippen LogP contribution in [0.5, 0.6) is 0 Å². The molecule has 0 aliphatic heterocycles. The molecule has 1 aromatic heterocycles. The van der Waals surface area contributed by atoms with Crippen LogP contribution >= 0.6 is 0 Å². The van der Waals surface area contributed by atoms with Crippen molar-refractivity contribution in [1.82, 2.24) is 4.90 Å². The molecule has 0 atom stereocenters. The van der Waals surface area contributed by atoms with Crippen LogP contribution in [0.3, 0.4) is 0 Å². The summed E-state index contributed by atoms with van der Waals surface area (Å²) in [7, 11) is 3.42. The van der Waals surface area contributed by atoms with Crippen LogP contribution in [0.1, 0.15) is 12.0 Å². The Balaban J connectivity index is 1.86. The summed E-state index contributed by atoms with van der Waals surface area (Å²) >= 11 is 0. The number of furan rings is 1. The summed E-state index contributed by atoms with van der Waals surface area (Å²) in [5.41, 5.74) is 2.13. The smallest absolute Gasteiger partial charge is 0.306 e. The fraction of sp³-hybridized carbons (Fsp3) is 0.400. The molecule has 4 heteroatoms. The van der Waals surface area contributed by atoms with Gasteiger partial charge in [0.15, 0.2) is 0 Å². The zero-order chi connectivity index (χ0) is 13.7. The fourth-order valence-corrected chi connectivity index (χ4v) is 2.03. The number of methoxy groups -OCH3 is 1. The second-order valence-corrected chi connectivity index (χ2v) is 4.64. The van der Waals surface area contributed by atoms with E-state index >= 15 is 0 Å². The van der Waals surface area contributed by atoms with E-state index in [9.17, 15) is 4.79 Å². The van der Waals surface area contributed by atoms with Crippen molar-refractivity contribution in [2.24, 2.45) is 0 Å². The average molecular weight is 261 g/mol. The number of fused-ring (bicyclic) bond motifs is 1. The van der Waals surface area contributed by atoms with E-state index in [-0.39, 0.29) is 5.97 Å². The molecule has 0 N–H and O–H groups in total. The van der Waals surface area contributed by atoms with Crippen molar-refractivity contribution in [1.29, 1.82) is 0 Å². The standard InChI is InChI=1S/C15H19NO3/c1-16(10-8-15(17)18-2)9-7-12-11-19-14-6-4-3-5-13(12)14/h3-6,11H,7-10H2,1-2H3. The van der Waals surface area contributed by atoms with Crippen LogP contribution in [0.2, 0.25) is 0 Å². The van der Waals surface area contributed by atoms with Gasteiger partial charge in [0.25, 0.3) is 0 Å². The number of rotatable bonds is 6. The van der Waals surface area contributed by atoms with Gasteiger partial charge in [-0.3, -0.25) is 4.79 Å². The minimum absolute atomic E-state index is 0.166. The summed E-state index contributed by atoms with van der Waals surface area (Å²) in [5, 5.41) is 1.17. The summed E-state index contributed by atoms with van der Waals surface area (Å²) in [5.74, 6) is -0.166. The minimum atomic E-state index is -0.166. The first kappa shape index (κ1) is 13.6. The van der Waals surface area contributed by atoms with Gasteiger partial charge in [-0.25, -0.2) is 0 Å². The summed E-state index contributed by atoms with van der Waals surface area (Å²) < 4.78 is 10.1. The van der Waals surface area contributed by atoms with E-state index in [1.54, 1.807) is 0 Å². The highest BCUT2D eigenvalue weighted by Gasteiger charge is 2.08. The topological polar surface area (TPSA) is 42.7 Å². The number of carbonyl (C=O) groups is 1. The number of nitrogens with zero attached hydrogens (tertiary/aromatic N) is 1. The predicted octanol–water partition coefficient (Wildman–Crippen LogP) is 2.47. The fourth-order valence-electron chi connectivity index (χ4n) is 2.03. The molecule has 0 aliphatic carbocycles. The lowest BCUT2D eigenvalue weighted by Gasteiger charge is -2.15. The van der Waals surface area contributed by atoms with E-state index in [0.717, 1.165) is 18.5 Å². The van der Waals surface area contributed by atoms with Crippen molar-refractivity contribution in [2.75, 3.05) is 27.2 Å². The molecule has 4 nitrogen and oxygen atoms in total. The molecule has 2 rings (SSSR count). The maximum absolute atomic E-state index is 11.1. The number of para-hydroxylation sites is 1. The van der Waals surface area contributed by atoms with E-state index in [1.807, 2.05) is 31.5 Å². The van der Waals surface area contributed by atoms with E-state index in [4.69, 9.17) is 4.42 Å². The number of hydrogen-bond donors (Lipinski definition) is 0. The lowest BCUT2D eigenvalue weighted by Crippen LogP contribution is -2.24. The number of carbonyl (C=O) groups excluding carboxylic acids is 1. The first-order valence-electron chi connectivity index (χ1n) is 6.41. The molecule has 1 aromatic carbocycles. The van der Waals surface area contributed by atoms with Crippen LogP contribution in [0.25, 0.3) is 11.0 Å². The van der Waals surface area contributed by atoms with Crippen molar-refractivity contribution >= 4 is 16.9 Å². The third-order valence-electron chi connectivity index (χ3n) is 3.25. The van der Waals surface area contributed by atoms with E-state index in [2.05, 4.69) is 15.7 Å². The van der Waals surface area contributed by atoms with Gasteiger partial charge in [0.2, 0.25) is 0 Å². The van der Waals surface area contributed by atoms with Gasteiger partial charge in [0, 0.05) is 18.5 Å². The van der Waals surface area contributed by atoms with Gasteiger partial charge in [0.05, 0.1) is 19.8 Å². The Bertz CT molecular complexity index is 547. The lowest BCUT2D eigenvalue weighted by molar-refractivity contribution is -0.140. The van der Waals surface area contributed by atoms with E-state index in [1.165, 1.54) is 18.1 Å². The zero-order valence-electron chi connectivity index (χ0n) is 11.4. The van der Waals surface area contributed by atoms with Crippen LogP contribution < -0.4 is 0 Å². The molecule has 0 fully saturated rings. The highest BCUT2D eigenvalue weighted by atomic mass is 16.5. The number of hydrogen-bond acceptors (Lipinski definition) is 4. The molecule has 0 spiro atoms. The molecule has 0 saturated heterocycles. The molecule has 102 valence electrons. The molecule has 0 radical (unpaired) electrons. The van der Waals surface area contributed by atoms with Gasteiger partial charge in [0.1, 0.15) is 5.58 Å². The van der Waals surface area contributed by atoms with Crippen LogP contribution in [0.4, 0.5) is 0 Å². The number of benzene rings is 1. The summed E-state index contributed by atoms with van der Waals surface area (Å²) in [6, 6.07) is 8.03. The first-order valence-corrected chi connectivity index (χ1v) is 6.41. The predicted molar refractivity (Wildman–Crippen MR) is 74.0 cm³/mol. The highest BCUT2D eigenvalue weighted by Crippen LogP contribution is 2.21. The maximum Gasteiger partial charge on any atom is 0.306 e. The lowest BCUT2D eigenvalue weighted by atomic mass is 10.1. The normalized spacial score (nSPS) is 11.1. The van der Waals surface area contributed by atoms with Gasteiger partial charge in [-0.2, -0.15) is 0 Å². The zero-order valence-corrected chi connectivity index (χ0v) is 11.4. The molecular weight excluding hydrogens is 242 g/mol. The second-order valence-electron chi connectivity index (χ2n) is 4.64. The van der Waals surface area contributed by atoms with Crippen LogP contribution in [0.15, 0.2) is 34.9 Å². The Morgan fingerprint density at radius 2 is 2.11 bits per heavy atom. The second kappa shape index (κ2) is 6.38. The molecule has 2 aromatic rings. The van der Waals surface area contributed by atoms with Gasteiger partial charge in [-0.05, 0) is 25.1 Å². The van der Waals surface area contributed by atoms with Crippen LogP contribution in [-0.4, -0.2) is 38.1 Å². The Labute approximate surface area is 112 Å². The van der Waals surface area contributed by atoms with Crippen molar-refractivity contribution in [2.45, 2.75) is 12.8 Å². The Morgan fingerprint density at radius 1 is 1.32 bits per heavy atom. The quantitative estimate of drug-likeness (QED) is 0.749. The third-order valence-corrected chi connectivity index (χ3v) is 3.25. The Kier molecular flexibility index (Phi) is 4.58. The Morgan fingerprint density at radius 3 is 2.89 bits per heavy atom. The van der Waals surface area contributed by atoms with Crippen LogP contribution in [0, 0.1) is 0 Å². The maximum atomic E-state index is 11.1. The number of esters is 1. The molecule has 19 heavy (non-hydrogen) atoms. The van der Waals surface area contributed by atoms with Crippen molar-refractivity contribution in [3.63, 3.8) is 0 Å². The van der Waals surface area contributed by atoms with Crippen molar-refractivity contribution in [3.8, 4) is 0 Å². The monoisotopic (exact) mass is 261 g/mol. The summed E-state index contributed by atoms with van der Waals surface area (Å²) in [6.45, 7) is 1.60. The minimum Gasteiger partial charge on any atom is -0.469 e. The van der Waals surface area contributed by atoms with Crippen molar-refractivity contribution in [3.05, 3.63) is 36.1 Å². The molecule has 1 heterocycles. The Hall–Kier alpha value is -1.81. The SMILES string of the molecule is COC(=O)CCN(C)CCc1coc2ccccc12. The van der Waals surface area contributed by atoms with Crippen LogP contribution in [-0.2, 0) is 16.0 Å². The van der Waals surface area contributed by atoms with Gasteiger partial charge >= 0.3 is 5.97 Å². The molecule has 0 amide bonds. The van der Waals surface area contributed by atoms with Gasteiger partial charge < -0.3 is 14.1 Å². The van der Waals surface area contributed by atoms with E-state index < -0.39 is 0 Å². The summed E-state index contributed by atoms with van der Waals surface area (Å²) in [4.78, 5) is 13.2. The highest BCUT2D eigenvalue weighted by molar-refractivity contribution is 5.80. The van der Waals surface area contributed by atoms with E-state index in [0.29, 0.717) is 13.0 Å². The molecule has 0 aliphatic rings. The number of likely N-dealkylation sites (N-methyl/N-ethyl adjacent to an activating group) is 1. The molecular formula is C15H19NO3. The third kappa shape index (κ3) is 3.58. The largest absolute Gasteiger partial charge is 0.469 e. The average Bonchev–Trinajstić information content (AvgIpc) is 2.85. The number of ether oxygens (including phenoxy) is 1. The molecule has 0 bridgehead atoms. The molecule has 0 unspecified atom stereocenters. The summed E-state index contributed by atoms with van der Waals surface area (Å²) in [6.07, 6.45) is 3.16. The first-order chi connectivity index (χ1) is 9.20. The van der Waals surface area contributed by atoms with Crippen molar-refractivity contribution < 1.29 is 13.9 Å². The molecule has 0 saturated carbocycles. The van der Waals surface area contributed by atoms with Gasteiger partial charge in [-0.15, -0.1) is 0 Å².